The van der Waals surface area contributed by atoms with E-state index in [1.165, 1.54) is 11.9 Å². The molecule has 128 valence electrons. The van der Waals surface area contributed by atoms with Gasteiger partial charge in [-0.15, -0.1) is 0 Å². The molecule has 0 unspecified atom stereocenters. The molecule has 1 heterocycles. The Morgan fingerprint density at radius 2 is 1.84 bits per heavy atom. The van der Waals surface area contributed by atoms with Crippen molar-refractivity contribution in [2.24, 2.45) is 0 Å². The highest BCUT2D eigenvalue weighted by atomic mass is 16.5. The highest BCUT2D eigenvalue weighted by Gasteiger charge is 2.05. The van der Waals surface area contributed by atoms with Crippen LogP contribution in [0.1, 0.15) is 25.3 Å². The van der Waals surface area contributed by atoms with Crippen LogP contribution in [0.2, 0.25) is 0 Å². The first-order valence-corrected chi connectivity index (χ1v) is 8.09. The smallest absolute Gasteiger partial charge is 0.262 e. The molecule has 0 radical (unpaired) electrons. The predicted molar refractivity (Wildman–Crippen MR) is 96.0 cm³/mol. The monoisotopic (exact) mass is 336 g/mol. The van der Waals surface area contributed by atoms with Crippen molar-refractivity contribution in [3.63, 3.8) is 0 Å². The molecule has 0 bridgehead atoms. The molecule has 0 saturated carbocycles. The van der Waals surface area contributed by atoms with Crippen LogP contribution in [0.4, 0.5) is 5.69 Å². The third-order valence-corrected chi connectivity index (χ3v) is 3.75. The zero-order chi connectivity index (χ0) is 17.6. The van der Waals surface area contributed by atoms with Gasteiger partial charge in [0.05, 0.1) is 5.69 Å². The van der Waals surface area contributed by atoms with Crippen molar-refractivity contribution < 1.29 is 9.53 Å². The van der Waals surface area contributed by atoms with Gasteiger partial charge in [-0.3, -0.25) is 4.79 Å². The summed E-state index contributed by atoms with van der Waals surface area (Å²) in [6, 6.07) is 15.1. The number of nitrogens with zero attached hydrogens (tertiary/aromatic N) is 3. The normalized spacial score (nSPS) is 10.7. The Morgan fingerprint density at radius 3 is 2.44 bits per heavy atom. The van der Waals surface area contributed by atoms with Gasteiger partial charge < -0.3 is 10.1 Å². The highest BCUT2D eigenvalue weighted by Crippen LogP contribution is 2.18. The quantitative estimate of drug-likeness (QED) is 0.749. The third kappa shape index (κ3) is 4.44. The van der Waals surface area contributed by atoms with E-state index >= 15 is 0 Å². The number of carbonyl (C=O) groups is 1. The summed E-state index contributed by atoms with van der Waals surface area (Å²) in [5.74, 6) is 0.945. The second-order valence-corrected chi connectivity index (χ2v) is 5.95. The molecule has 25 heavy (non-hydrogen) atoms. The number of benzene rings is 2. The van der Waals surface area contributed by atoms with Gasteiger partial charge in [-0.1, -0.05) is 26.0 Å². The molecule has 1 amide bonds. The van der Waals surface area contributed by atoms with Gasteiger partial charge in [0.1, 0.15) is 18.4 Å². The average Bonchev–Trinajstić information content (AvgIpc) is 3.15. The number of nitrogens with one attached hydrogen (secondary N) is 1. The molecule has 0 atom stereocenters. The Kier molecular flexibility index (Phi) is 5.09. The van der Waals surface area contributed by atoms with Crippen molar-refractivity contribution in [2.75, 3.05) is 11.9 Å². The molecule has 0 aliphatic heterocycles. The topological polar surface area (TPSA) is 69.0 Å². The Morgan fingerprint density at radius 1 is 1.12 bits per heavy atom. The van der Waals surface area contributed by atoms with Crippen LogP contribution in [0, 0.1) is 0 Å². The van der Waals surface area contributed by atoms with Crippen molar-refractivity contribution in [3.8, 4) is 11.4 Å². The number of rotatable bonds is 6. The Bertz CT molecular complexity index is 810. The Hall–Kier alpha value is -3.15. The summed E-state index contributed by atoms with van der Waals surface area (Å²) in [5.41, 5.74) is 2.81. The molecule has 0 spiro atoms. The summed E-state index contributed by atoms with van der Waals surface area (Å²) in [6.07, 6.45) is 3.09. The fourth-order valence-corrected chi connectivity index (χ4v) is 2.33. The minimum Gasteiger partial charge on any atom is -0.484 e. The van der Waals surface area contributed by atoms with E-state index in [1.54, 1.807) is 11.0 Å². The first kappa shape index (κ1) is 16.7. The van der Waals surface area contributed by atoms with Crippen molar-refractivity contribution >= 4 is 11.6 Å². The van der Waals surface area contributed by atoms with Gasteiger partial charge in [-0.2, -0.15) is 5.10 Å². The Labute approximate surface area is 146 Å². The number of amides is 1. The van der Waals surface area contributed by atoms with Crippen molar-refractivity contribution in [1.29, 1.82) is 0 Å². The lowest BCUT2D eigenvalue weighted by Crippen LogP contribution is -2.20. The molecule has 0 saturated heterocycles. The van der Waals surface area contributed by atoms with Gasteiger partial charge in [0.15, 0.2) is 6.61 Å². The van der Waals surface area contributed by atoms with Gasteiger partial charge in [0.25, 0.3) is 5.91 Å². The van der Waals surface area contributed by atoms with Crippen molar-refractivity contribution in [2.45, 2.75) is 19.8 Å². The minimum atomic E-state index is -0.207. The molecule has 3 rings (SSSR count). The molecular formula is C19H20N4O2. The standard InChI is InChI=1S/C19H20N4O2/c1-14(2)15-3-9-18(10-4-15)25-11-19(24)22-16-5-7-17(8-6-16)23-13-20-12-21-23/h3-10,12-14H,11H2,1-2H3,(H,22,24). The first-order chi connectivity index (χ1) is 12.1. The van der Waals surface area contributed by atoms with Crippen LogP contribution in [-0.4, -0.2) is 27.3 Å². The van der Waals surface area contributed by atoms with E-state index in [0.717, 1.165) is 5.69 Å². The first-order valence-electron chi connectivity index (χ1n) is 8.09. The molecule has 6 heteroatoms. The fraction of sp³-hybridized carbons (Fsp3) is 0.211. The minimum absolute atomic E-state index is 0.0359. The Balaban J connectivity index is 1.52. The molecule has 0 aliphatic rings. The summed E-state index contributed by atoms with van der Waals surface area (Å²) < 4.78 is 7.17. The van der Waals surface area contributed by atoms with E-state index < -0.39 is 0 Å². The molecule has 2 aromatic carbocycles. The van der Waals surface area contributed by atoms with Crippen LogP contribution in [0.5, 0.6) is 5.75 Å². The number of carbonyl (C=O) groups excluding carboxylic acids is 1. The summed E-state index contributed by atoms with van der Waals surface area (Å²) in [7, 11) is 0. The van der Waals surface area contributed by atoms with E-state index in [1.807, 2.05) is 48.5 Å². The van der Waals surface area contributed by atoms with Crippen LogP contribution in [0.3, 0.4) is 0 Å². The fourth-order valence-electron chi connectivity index (χ4n) is 2.33. The number of aromatic nitrogens is 3. The van der Waals surface area contributed by atoms with E-state index in [0.29, 0.717) is 17.4 Å². The lowest BCUT2D eigenvalue weighted by atomic mass is 10.0. The van der Waals surface area contributed by atoms with Crippen molar-refractivity contribution in [1.82, 2.24) is 14.8 Å². The maximum atomic E-state index is 12.0. The predicted octanol–water partition coefficient (Wildman–Crippen LogP) is 3.41. The zero-order valence-electron chi connectivity index (χ0n) is 14.2. The van der Waals surface area contributed by atoms with Crippen LogP contribution < -0.4 is 10.1 Å². The third-order valence-electron chi connectivity index (χ3n) is 3.75. The molecule has 1 N–H and O–H groups in total. The van der Waals surface area contributed by atoms with Crippen LogP contribution in [-0.2, 0) is 4.79 Å². The maximum absolute atomic E-state index is 12.0. The SMILES string of the molecule is CC(C)c1ccc(OCC(=O)Nc2ccc(-n3cncn3)cc2)cc1. The van der Waals surface area contributed by atoms with E-state index in [2.05, 4.69) is 29.2 Å². The summed E-state index contributed by atoms with van der Waals surface area (Å²) >= 11 is 0. The summed E-state index contributed by atoms with van der Waals surface area (Å²) in [4.78, 5) is 15.9. The number of hydrogen-bond acceptors (Lipinski definition) is 4. The number of hydrogen-bond donors (Lipinski definition) is 1. The second-order valence-electron chi connectivity index (χ2n) is 5.95. The van der Waals surface area contributed by atoms with Crippen molar-refractivity contribution in [3.05, 3.63) is 66.7 Å². The lowest BCUT2D eigenvalue weighted by Gasteiger charge is -2.10. The second kappa shape index (κ2) is 7.61. The summed E-state index contributed by atoms with van der Waals surface area (Å²) in [5, 5.41) is 6.86. The van der Waals surface area contributed by atoms with Crippen LogP contribution in [0.15, 0.2) is 61.2 Å². The highest BCUT2D eigenvalue weighted by molar-refractivity contribution is 5.91. The van der Waals surface area contributed by atoms with Gasteiger partial charge in [0, 0.05) is 5.69 Å². The lowest BCUT2D eigenvalue weighted by molar-refractivity contribution is -0.118. The summed E-state index contributed by atoms with van der Waals surface area (Å²) in [6.45, 7) is 4.24. The molecule has 0 fully saturated rings. The molecule has 0 aliphatic carbocycles. The zero-order valence-corrected chi connectivity index (χ0v) is 14.2. The molecule has 3 aromatic rings. The number of anilines is 1. The average molecular weight is 336 g/mol. The van der Waals surface area contributed by atoms with E-state index in [4.69, 9.17) is 4.74 Å². The van der Waals surface area contributed by atoms with Gasteiger partial charge in [0.2, 0.25) is 0 Å². The van der Waals surface area contributed by atoms with E-state index in [-0.39, 0.29) is 12.5 Å². The van der Waals surface area contributed by atoms with E-state index in [9.17, 15) is 4.79 Å². The van der Waals surface area contributed by atoms with Gasteiger partial charge in [-0.25, -0.2) is 9.67 Å². The maximum Gasteiger partial charge on any atom is 0.262 e. The molecular weight excluding hydrogens is 316 g/mol. The largest absolute Gasteiger partial charge is 0.484 e. The van der Waals surface area contributed by atoms with Crippen LogP contribution in [0.25, 0.3) is 5.69 Å². The molecule has 1 aromatic heterocycles. The molecule has 6 nitrogen and oxygen atoms in total. The van der Waals surface area contributed by atoms with Gasteiger partial charge in [-0.05, 0) is 47.9 Å². The van der Waals surface area contributed by atoms with Crippen LogP contribution >= 0.6 is 0 Å². The number of ether oxygens (including phenoxy) is 1. The van der Waals surface area contributed by atoms with Gasteiger partial charge >= 0.3 is 0 Å².